The standard InChI is InChI=1S/C10H9ClF2INO2/c1-17-9(16)3-7-5(4-11)6(14)2-8(15-7)10(12)13/h2,10H,3-4H2,1H3. The Balaban J connectivity index is 3.19. The molecule has 3 nitrogen and oxygen atoms in total. The molecule has 0 radical (unpaired) electrons. The van der Waals surface area contributed by atoms with Crippen LogP contribution >= 0.6 is 34.2 Å². The predicted octanol–water partition coefficient (Wildman–Crippen LogP) is 3.08. The van der Waals surface area contributed by atoms with Crippen LogP contribution in [0, 0.1) is 3.57 Å². The number of carbonyl (C=O) groups is 1. The zero-order valence-electron chi connectivity index (χ0n) is 8.84. The Morgan fingerprint density at radius 2 is 2.29 bits per heavy atom. The maximum atomic E-state index is 12.6. The minimum Gasteiger partial charge on any atom is -0.469 e. The van der Waals surface area contributed by atoms with Gasteiger partial charge in [0.25, 0.3) is 6.43 Å². The summed E-state index contributed by atoms with van der Waals surface area (Å²) in [5.74, 6) is -0.424. The first-order chi connectivity index (χ1) is 7.99. The Kier molecular flexibility index (Phi) is 5.51. The molecule has 0 amide bonds. The van der Waals surface area contributed by atoms with Crippen LogP contribution in [0.3, 0.4) is 0 Å². The van der Waals surface area contributed by atoms with Gasteiger partial charge in [-0.1, -0.05) is 0 Å². The lowest BCUT2D eigenvalue weighted by Crippen LogP contribution is -2.11. The van der Waals surface area contributed by atoms with Crippen LogP contribution < -0.4 is 0 Å². The number of hydrogen-bond donors (Lipinski definition) is 0. The van der Waals surface area contributed by atoms with Gasteiger partial charge in [-0.15, -0.1) is 11.6 Å². The van der Waals surface area contributed by atoms with E-state index in [-0.39, 0.29) is 23.7 Å². The summed E-state index contributed by atoms with van der Waals surface area (Å²) in [4.78, 5) is 14.9. The molecule has 94 valence electrons. The van der Waals surface area contributed by atoms with Gasteiger partial charge in [0.2, 0.25) is 0 Å². The van der Waals surface area contributed by atoms with Crippen molar-refractivity contribution in [3.8, 4) is 0 Å². The van der Waals surface area contributed by atoms with Gasteiger partial charge in [-0.2, -0.15) is 0 Å². The number of methoxy groups -OCH3 is 1. The zero-order chi connectivity index (χ0) is 13.0. The number of carbonyl (C=O) groups excluding carboxylic acids is 1. The molecule has 0 saturated heterocycles. The lowest BCUT2D eigenvalue weighted by atomic mass is 10.1. The summed E-state index contributed by atoms with van der Waals surface area (Å²) in [6, 6.07) is 1.27. The summed E-state index contributed by atoms with van der Waals surface area (Å²) < 4.78 is 30.2. The van der Waals surface area contributed by atoms with Crippen LogP contribution in [0.1, 0.15) is 23.4 Å². The van der Waals surface area contributed by atoms with E-state index in [0.717, 1.165) is 0 Å². The number of rotatable bonds is 4. The maximum Gasteiger partial charge on any atom is 0.311 e. The number of pyridine rings is 1. The van der Waals surface area contributed by atoms with Crippen molar-refractivity contribution >= 4 is 40.2 Å². The van der Waals surface area contributed by atoms with Gasteiger partial charge in [0.1, 0.15) is 5.69 Å². The van der Waals surface area contributed by atoms with E-state index in [1.54, 1.807) is 0 Å². The fraction of sp³-hybridized carbons (Fsp3) is 0.400. The molecule has 0 N–H and O–H groups in total. The molecule has 0 aliphatic heterocycles. The van der Waals surface area contributed by atoms with Crippen LogP contribution in [-0.2, 0) is 21.8 Å². The quantitative estimate of drug-likeness (QED) is 0.461. The van der Waals surface area contributed by atoms with Crippen LogP contribution in [0.4, 0.5) is 8.78 Å². The average molecular weight is 376 g/mol. The first-order valence-electron chi connectivity index (χ1n) is 4.58. The van der Waals surface area contributed by atoms with Crippen molar-refractivity contribution < 1.29 is 18.3 Å². The molecule has 7 heteroatoms. The summed E-state index contributed by atoms with van der Waals surface area (Å²) in [5, 5.41) is 0. The van der Waals surface area contributed by atoms with Gasteiger partial charge in [-0.3, -0.25) is 9.78 Å². The van der Waals surface area contributed by atoms with Gasteiger partial charge in [-0.25, -0.2) is 8.78 Å². The second-order valence-corrected chi connectivity index (χ2v) is 4.57. The largest absolute Gasteiger partial charge is 0.469 e. The molecule has 1 aromatic rings. The Morgan fingerprint density at radius 1 is 1.65 bits per heavy atom. The maximum absolute atomic E-state index is 12.6. The fourth-order valence-corrected chi connectivity index (χ4v) is 2.56. The van der Waals surface area contributed by atoms with Crippen molar-refractivity contribution in [2.45, 2.75) is 18.7 Å². The van der Waals surface area contributed by atoms with E-state index in [1.807, 2.05) is 22.6 Å². The first kappa shape index (κ1) is 14.6. The third-order valence-electron chi connectivity index (χ3n) is 2.07. The van der Waals surface area contributed by atoms with Crippen molar-refractivity contribution in [1.82, 2.24) is 4.98 Å². The van der Waals surface area contributed by atoms with Crippen molar-refractivity contribution in [3.05, 3.63) is 26.6 Å². The van der Waals surface area contributed by atoms with Gasteiger partial charge in [0, 0.05) is 9.13 Å². The van der Waals surface area contributed by atoms with Gasteiger partial charge in [0.05, 0.1) is 25.1 Å². The highest BCUT2D eigenvalue weighted by atomic mass is 127. The molecule has 0 atom stereocenters. The molecule has 0 bridgehead atoms. The van der Waals surface area contributed by atoms with Crippen molar-refractivity contribution in [3.63, 3.8) is 0 Å². The van der Waals surface area contributed by atoms with E-state index >= 15 is 0 Å². The highest BCUT2D eigenvalue weighted by molar-refractivity contribution is 14.1. The van der Waals surface area contributed by atoms with Crippen LogP contribution in [0.2, 0.25) is 0 Å². The molecule has 1 heterocycles. The number of nitrogens with zero attached hydrogens (tertiary/aromatic N) is 1. The SMILES string of the molecule is COC(=O)Cc1nc(C(F)F)cc(I)c1CCl. The first-order valence-corrected chi connectivity index (χ1v) is 6.20. The second-order valence-electron chi connectivity index (χ2n) is 3.14. The smallest absolute Gasteiger partial charge is 0.311 e. The molecule has 0 fully saturated rings. The number of halogens is 4. The zero-order valence-corrected chi connectivity index (χ0v) is 11.8. The highest BCUT2D eigenvalue weighted by Gasteiger charge is 2.18. The Bertz CT molecular complexity index is 429. The Labute approximate surface area is 116 Å². The predicted molar refractivity (Wildman–Crippen MR) is 67.2 cm³/mol. The van der Waals surface area contributed by atoms with Crippen LogP contribution in [-0.4, -0.2) is 18.1 Å². The lowest BCUT2D eigenvalue weighted by Gasteiger charge is -2.10. The van der Waals surface area contributed by atoms with Gasteiger partial charge in [-0.05, 0) is 28.7 Å². The minimum atomic E-state index is -2.68. The van der Waals surface area contributed by atoms with E-state index in [4.69, 9.17) is 11.6 Å². The van der Waals surface area contributed by atoms with Crippen LogP contribution in [0.15, 0.2) is 6.07 Å². The third kappa shape index (κ3) is 3.74. The van der Waals surface area contributed by atoms with Crippen LogP contribution in [0.25, 0.3) is 0 Å². The molecule has 0 saturated carbocycles. The number of esters is 1. The topological polar surface area (TPSA) is 39.2 Å². The molecule has 0 aromatic carbocycles. The molecule has 0 unspecified atom stereocenters. The van der Waals surface area contributed by atoms with E-state index in [9.17, 15) is 13.6 Å². The second kappa shape index (κ2) is 6.44. The summed E-state index contributed by atoms with van der Waals surface area (Å²) in [7, 11) is 1.23. The summed E-state index contributed by atoms with van der Waals surface area (Å²) in [6.45, 7) is 0. The molecule has 1 rings (SSSR count). The number of hydrogen-bond acceptors (Lipinski definition) is 3. The summed E-state index contributed by atoms with van der Waals surface area (Å²) in [6.07, 6.45) is -2.83. The lowest BCUT2D eigenvalue weighted by molar-refractivity contribution is -0.139. The minimum absolute atomic E-state index is 0.112. The Morgan fingerprint density at radius 3 is 2.76 bits per heavy atom. The van der Waals surface area contributed by atoms with Crippen molar-refractivity contribution in [2.24, 2.45) is 0 Å². The molecule has 0 aliphatic carbocycles. The van der Waals surface area contributed by atoms with Crippen molar-refractivity contribution in [2.75, 3.05) is 7.11 Å². The highest BCUT2D eigenvalue weighted by Crippen LogP contribution is 2.25. The van der Waals surface area contributed by atoms with E-state index < -0.39 is 12.4 Å². The molecule has 17 heavy (non-hydrogen) atoms. The van der Waals surface area contributed by atoms with Crippen molar-refractivity contribution in [1.29, 1.82) is 0 Å². The normalized spacial score (nSPS) is 10.7. The molecule has 1 aromatic heterocycles. The van der Waals surface area contributed by atoms with E-state index in [2.05, 4.69) is 9.72 Å². The number of aromatic nitrogens is 1. The van der Waals surface area contributed by atoms with Gasteiger partial charge < -0.3 is 4.74 Å². The molecule has 0 spiro atoms. The molecular formula is C10H9ClF2INO2. The average Bonchev–Trinajstić information content (AvgIpc) is 2.28. The van der Waals surface area contributed by atoms with Gasteiger partial charge >= 0.3 is 5.97 Å². The molecular weight excluding hydrogens is 366 g/mol. The van der Waals surface area contributed by atoms with Crippen LogP contribution in [0.5, 0.6) is 0 Å². The summed E-state index contributed by atoms with van der Waals surface area (Å²) >= 11 is 7.61. The Hall–Kier alpha value is -0.500. The van der Waals surface area contributed by atoms with E-state index in [1.165, 1.54) is 13.2 Å². The van der Waals surface area contributed by atoms with Gasteiger partial charge in [0.15, 0.2) is 0 Å². The fourth-order valence-electron chi connectivity index (χ4n) is 1.22. The number of alkyl halides is 3. The molecule has 0 aliphatic rings. The number of ether oxygens (including phenoxy) is 1. The van der Waals surface area contributed by atoms with E-state index in [0.29, 0.717) is 9.13 Å². The third-order valence-corrected chi connectivity index (χ3v) is 3.30. The monoisotopic (exact) mass is 375 g/mol. The summed E-state index contributed by atoms with van der Waals surface area (Å²) in [5.41, 5.74) is 0.471.